The predicted molar refractivity (Wildman–Crippen MR) is 224 cm³/mol. The van der Waals surface area contributed by atoms with Crippen LogP contribution in [-0.4, -0.2) is 104 Å². The Labute approximate surface area is 340 Å². The van der Waals surface area contributed by atoms with Crippen LogP contribution in [-0.2, 0) is 11.8 Å². The number of nitrogens with zero attached hydrogens (tertiary/aromatic N) is 10. The van der Waals surface area contributed by atoms with Gasteiger partial charge in [-0.1, -0.05) is 24.4 Å². The average Bonchev–Trinajstić information content (AvgIpc) is 3.87. The number of carbonyl (C=O) groups is 3. The standard InChI is InChI=1S/C41H47ClN12O4/c1-24-30-23-44-40(47-37(30)54(27-6-4-5-7-27)39(57)34(24)25(2)55)45-32-11-8-28(22-43-32)50-15-12-26(13-16-50)51-18-20-52(21-19-51)31-10-9-29-36(35(31)42)49(3)48-38(29)53-17-14-33(56)46-41(53)58/h8-11,22-23,26-27H,4-7,12-21H2,1-3H3,(H,46,56,58)(H,43,44,45,47). The maximum absolute atomic E-state index is 13.6. The number of rotatable bonds is 8. The molecule has 0 unspecified atom stereocenters. The third kappa shape index (κ3) is 6.81. The number of fused-ring (bicyclic) bond motifs is 2. The highest BCUT2D eigenvalue weighted by Gasteiger charge is 2.32. The Morgan fingerprint density at radius 1 is 0.862 bits per heavy atom. The molecule has 17 heteroatoms. The van der Waals surface area contributed by atoms with Crippen LogP contribution in [0.3, 0.4) is 0 Å². The molecule has 3 amide bonds. The number of hydrogen-bond acceptors (Lipinski definition) is 12. The van der Waals surface area contributed by atoms with Gasteiger partial charge in [-0.3, -0.25) is 38.7 Å². The summed E-state index contributed by atoms with van der Waals surface area (Å²) in [5.74, 6) is 0.941. The summed E-state index contributed by atoms with van der Waals surface area (Å²) >= 11 is 7.04. The molecular formula is C41H47ClN12O4. The lowest BCUT2D eigenvalue weighted by molar-refractivity contribution is -0.120. The van der Waals surface area contributed by atoms with Gasteiger partial charge in [0.15, 0.2) is 11.6 Å². The SMILES string of the molecule is CC(=O)c1c(C)c2cnc(Nc3ccc(N4CCC(N5CCN(c6ccc7c(N8CCC(=O)NC8=O)nn(C)c7c6Cl)CC5)CC4)cn3)nc2n(C2CCCC2)c1=O. The van der Waals surface area contributed by atoms with Gasteiger partial charge in [0, 0.05) is 88.3 Å². The molecule has 302 valence electrons. The summed E-state index contributed by atoms with van der Waals surface area (Å²) in [6.45, 7) is 8.95. The lowest BCUT2D eigenvalue weighted by Crippen LogP contribution is -2.53. The molecule has 1 aromatic carbocycles. The fourth-order valence-corrected chi connectivity index (χ4v) is 9.80. The van der Waals surface area contributed by atoms with Crippen molar-refractivity contribution in [2.45, 2.75) is 70.9 Å². The van der Waals surface area contributed by atoms with Gasteiger partial charge < -0.3 is 15.1 Å². The van der Waals surface area contributed by atoms with E-state index in [0.29, 0.717) is 45.2 Å². The molecule has 1 saturated carbocycles. The predicted octanol–water partition coefficient (Wildman–Crippen LogP) is 5.33. The molecule has 0 bridgehead atoms. The van der Waals surface area contributed by atoms with Crippen molar-refractivity contribution in [1.29, 1.82) is 0 Å². The Morgan fingerprint density at radius 3 is 2.31 bits per heavy atom. The second-order valence-corrected chi connectivity index (χ2v) is 16.2. The minimum absolute atomic E-state index is 0.0130. The molecule has 9 rings (SSSR count). The largest absolute Gasteiger partial charge is 0.370 e. The van der Waals surface area contributed by atoms with E-state index in [1.54, 1.807) is 22.4 Å². The number of nitrogens with one attached hydrogen (secondary N) is 2. The molecule has 4 aromatic heterocycles. The fraction of sp³-hybridized carbons (Fsp3) is 0.463. The normalized spacial score (nSPS) is 18.8. The van der Waals surface area contributed by atoms with Crippen molar-refractivity contribution in [3.05, 3.63) is 63.2 Å². The number of Topliss-reactive ketones (excluding diaryl/α,β-unsaturated/α-hetero) is 1. The Hall–Kier alpha value is -5.61. The Bertz CT molecular complexity index is 2500. The number of piperidine rings is 1. The number of halogens is 1. The third-order valence-corrected chi connectivity index (χ3v) is 12.8. The van der Waals surface area contributed by atoms with Crippen LogP contribution in [0.15, 0.2) is 41.5 Å². The van der Waals surface area contributed by atoms with Crippen LogP contribution >= 0.6 is 11.6 Å². The van der Waals surface area contributed by atoms with Crippen LogP contribution in [0.1, 0.15) is 73.8 Å². The van der Waals surface area contributed by atoms with Crippen LogP contribution in [0, 0.1) is 6.92 Å². The number of hydrogen-bond donors (Lipinski definition) is 2. The lowest BCUT2D eigenvalue weighted by atomic mass is 10.0. The average molecular weight is 807 g/mol. The molecule has 4 aliphatic rings. The molecule has 1 aliphatic carbocycles. The molecular weight excluding hydrogens is 760 g/mol. The Kier molecular flexibility index (Phi) is 10.00. The number of aromatic nitrogens is 6. The van der Waals surface area contributed by atoms with Crippen molar-refractivity contribution in [2.75, 3.05) is 65.8 Å². The number of anilines is 5. The number of urea groups is 1. The van der Waals surface area contributed by atoms with E-state index in [0.717, 1.165) is 100 Å². The summed E-state index contributed by atoms with van der Waals surface area (Å²) in [6, 6.07) is 8.04. The summed E-state index contributed by atoms with van der Waals surface area (Å²) in [6.07, 6.45) is 9.78. The van der Waals surface area contributed by atoms with E-state index >= 15 is 0 Å². The molecule has 0 spiro atoms. The maximum Gasteiger partial charge on any atom is 0.329 e. The highest BCUT2D eigenvalue weighted by Crippen LogP contribution is 2.39. The number of pyridine rings is 2. The first kappa shape index (κ1) is 37.9. The first-order chi connectivity index (χ1) is 28.0. The number of amides is 3. The molecule has 0 radical (unpaired) electrons. The number of piperazine rings is 1. The van der Waals surface area contributed by atoms with Crippen LogP contribution in [0.4, 0.5) is 33.8 Å². The number of imide groups is 1. The highest BCUT2D eigenvalue weighted by atomic mass is 35.5. The van der Waals surface area contributed by atoms with E-state index < -0.39 is 6.03 Å². The number of aryl methyl sites for hydroxylation is 2. The fourth-order valence-electron chi connectivity index (χ4n) is 9.39. The number of ketones is 1. The third-order valence-electron chi connectivity index (χ3n) is 12.5. The zero-order valence-corrected chi connectivity index (χ0v) is 33.8. The second-order valence-electron chi connectivity index (χ2n) is 15.9. The molecule has 16 nitrogen and oxygen atoms in total. The van der Waals surface area contributed by atoms with Gasteiger partial charge in [-0.2, -0.15) is 10.1 Å². The monoisotopic (exact) mass is 806 g/mol. The minimum atomic E-state index is -0.468. The molecule has 58 heavy (non-hydrogen) atoms. The van der Waals surface area contributed by atoms with E-state index in [4.69, 9.17) is 21.6 Å². The molecule has 7 heterocycles. The van der Waals surface area contributed by atoms with E-state index in [1.807, 2.05) is 31.4 Å². The van der Waals surface area contributed by atoms with Crippen molar-refractivity contribution in [2.24, 2.45) is 7.05 Å². The zero-order chi connectivity index (χ0) is 40.2. The minimum Gasteiger partial charge on any atom is -0.370 e. The summed E-state index contributed by atoms with van der Waals surface area (Å²) in [7, 11) is 1.83. The van der Waals surface area contributed by atoms with Gasteiger partial charge in [-0.05, 0) is 69.4 Å². The van der Waals surface area contributed by atoms with Gasteiger partial charge >= 0.3 is 6.03 Å². The first-order valence-corrected chi connectivity index (χ1v) is 20.6. The van der Waals surface area contributed by atoms with Gasteiger partial charge in [-0.15, -0.1) is 0 Å². The van der Waals surface area contributed by atoms with Gasteiger partial charge in [0.25, 0.3) is 5.56 Å². The number of benzene rings is 1. The number of carbonyl (C=O) groups excluding carboxylic acids is 3. The summed E-state index contributed by atoms with van der Waals surface area (Å²) < 4.78 is 3.44. The molecule has 3 aliphatic heterocycles. The van der Waals surface area contributed by atoms with Gasteiger partial charge in [0.2, 0.25) is 11.9 Å². The van der Waals surface area contributed by atoms with Crippen molar-refractivity contribution in [3.63, 3.8) is 0 Å². The molecule has 5 aromatic rings. The maximum atomic E-state index is 13.6. The smallest absolute Gasteiger partial charge is 0.329 e. The van der Waals surface area contributed by atoms with Gasteiger partial charge in [-0.25, -0.2) is 14.8 Å². The lowest BCUT2D eigenvalue weighted by Gasteiger charge is -2.44. The van der Waals surface area contributed by atoms with Crippen LogP contribution in [0.25, 0.3) is 21.9 Å². The van der Waals surface area contributed by atoms with E-state index in [1.165, 1.54) is 11.8 Å². The second kappa shape index (κ2) is 15.3. The Balaban J connectivity index is 0.815. The van der Waals surface area contributed by atoms with Crippen LogP contribution < -0.4 is 30.9 Å². The van der Waals surface area contributed by atoms with E-state index in [-0.39, 0.29) is 41.8 Å². The quantitative estimate of drug-likeness (QED) is 0.194. The highest BCUT2D eigenvalue weighted by molar-refractivity contribution is 6.38. The van der Waals surface area contributed by atoms with Crippen molar-refractivity contribution in [3.8, 4) is 0 Å². The van der Waals surface area contributed by atoms with Crippen LogP contribution in [0.5, 0.6) is 0 Å². The summed E-state index contributed by atoms with van der Waals surface area (Å²) in [4.78, 5) is 73.2. The molecule has 2 N–H and O–H groups in total. The van der Waals surface area contributed by atoms with E-state index in [2.05, 4.69) is 41.5 Å². The topological polar surface area (TPSA) is 167 Å². The van der Waals surface area contributed by atoms with Crippen LogP contribution in [0.2, 0.25) is 5.02 Å². The molecule has 0 atom stereocenters. The molecule has 4 fully saturated rings. The zero-order valence-electron chi connectivity index (χ0n) is 33.0. The first-order valence-electron chi connectivity index (χ1n) is 20.2. The summed E-state index contributed by atoms with van der Waals surface area (Å²) in [5, 5.41) is 12.3. The van der Waals surface area contributed by atoms with Crippen molar-refractivity contribution < 1.29 is 14.4 Å². The van der Waals surface area contributed by atoms with Crippen molar-refractivity contribution in [1.82, 2.24) is 39.5 Å². The van der Waals surface area contributed by atoms with Gasteiger partial charge in [0.05, 0.1) is 33.7 Å². The van der Waals surface area contributed by atoms with E-state index in [9.17, 15) is 19.2 Å². The summed E-state index contributed by atoms with van der Waals surface area (Å²) in [5.41, 5.74) is 3.90. The van der Waals surface area contributed by atoms with Crippen molar-refractivity contribution >= 4 is 80.2 Å². The Morgan fingerprint density at radius 2 is 1.62 bits per heavy atom. The van der Waals surface area contributed by atoms with Gasteiger partial charge in [0.1, 0.15) is 11.5 Å². The molecule has 3 saturated heterocycles.